The molecule has 1 heterocycles. The Hall–Kier alpha value is -1.87. The van der Waals surface area contributed by atoms with E-state index in [0.717, 1.165) is 17.7 Å². The quantitative estimate of drug-likeness (QED) is 0.893. The third-order valence-corrected chi connectivity index (χ3v) is 2.84. The third kappa shape index (κ3) is 3.08. The van der Waals surface area contributed by atoms with Crippen molar-refractivity contribution >= 4 is 0 Å². The van der Waals surface area contributed by atoms with Gasteiger partial charge in [-0.1, -0.05) is 19.1 Å². The number of aryl methyl sites for hydroxylation is 1. The second kappa shape index (κ2) is 5.65. The van der Waals surface area contributed by atoms with E-state index in [-0.39, 0.29) is 6.04 Å². The van der Waals surface area contributed by atoms with Crippen molar-refractivity contribution in [2.45, 2.75) is 26.3 Å². The highest BCUT2D eigenvalue weighted by Gasteiger charge is 2.03. The van der Waals surface area contributed by atoms with E-state index in [1.165, 1.54) is 5.56 Å². The standard InChI is InChI=1S/C15H18N2O/c1-3-12-4-6-14(7-5-12)18-15-10-13(11(2)16)8-9-17-15/h4-11H,3,16H2,1-2H3/t11-/m0/s1. The monoisotopic (exact) mass is 242 g/mol. The maximum Gasteiger partial charge on any atom is 0.219 e. The molecule has 1 aromatic heterocycles. The van der Waals surface area contributed by atoms with E-state index in [4.69, 9.17) is 10.5 Å². The molecule has 0 aliphatic carbocycles. The Morgan fingerprint density at radius 1 is 1.22 bits per heavy atom. The minimum absolute atomic E-state index is 0.0159. The number of pyridine rings is 1. The molecular formula is C15H18N2O. The minimum atomic E-state index is -0.0159. The Bertz CT molecular complexity index is 506. The number of benzene rings is 1. The number of aromatic nitrogens is 1. The van der Waals surface area contributed by atoms with Gasteiger partial charge in [0.2, 0.25) is 5.88 Å². The van der Waals surface area contributed by atoms with Gasteiger partial charge in [-0.2, -0.15) is 0 Å². The topological polar surface area (TPSA) is 48.1 Å². The van der Waals surface area contributed by atoms with Gasteiger partial charge >= 0.3 is 0 Å². The first-order valence-corrected chi connectivity index (χ1v) is 6.17. The van der Waals surface area contributed by atoms with Gasteiger partial charge in [0, 0.05) is 18.3 Å². The number of nitrogens with two attached hydrogens (primary N) is 1. The molecule has 0 bridgehead atoms. The van der Waals surface area contributed by atoms with Gasteiger partial charge in [0.15, 0.2) is 0 Å². The van der Waals surface area contributed by atoms with Crippen molar-refractivity contribution in [1.82, 2.24) is 4.98 Å². The van der Waals surface area contributed by atoms with E-state index in [1.54, 1.807) is 6.20 Å². The fourth-order valence-electron chi connectivity index (χ4n) is 1.68. The number of ether oxygens (including phenoxy) is 1. The highest BCUT2D eigenvalue weighted by atomic mass is 16.5. The first kappa shape index (κ1) is 12.6. The molecule has 0 aliphatic heterocycles. The molecule has 2 aromatic rings. The van der Waals surface area contributed by atoms with Crippen molar-refractivity contribution in [2.75, 3.05) is 0 Å². The molecule has 0 saturated carbocycles. The molecule has 0 amide bonds. The van der Waals surface area contributed by atoms with Crippen LogP contribution in [0, 0.1) is 0 Å². The van der Waals surface area contributed by atoms with Crippen LogP contribution < -0.4 is 10.5 Å². The van der Waals surface area contributed by atoms with Crippen molar-refractivity contribution in [3.05, 3.63) is 53.7 Å². The summed E-state index contributed by atoms with van der Waals surface area (Å²) in [5.74, 6) is 1.37. The number of hydrogen-bond donors (Lipinski definition) is 1. The van der Waals surface area contributed by atoms with Crippen molar-refractivity contribution < 1.29 is 4.74 Å². The molecule has 18 heavy (non-hydrogen) atoms. The molecule has 3 heteroatoms. The predicted molar refractivity (Wildman–Crippen MR) is 72.7 cm³/mol. The molecule has 0 saturated heterocycles. The van der Waals surface area contributed by atoms with Gasteiger partial charge in [0.1, 0.15) is 5.75 Å². The molecule has 2 rings (SSSR count). The van der Waals surface area contributed by atoms with Crippen LogP contribution in [0.1, 0.15) is 31.0 Å². The summed E-state index contributed by atoms with van der Waals surface area (Å²) in [6.07, 6.45) is 2.74. The molecule has 2 N–H and O–H groups in total. The summed E-state index contributed by atoms with van der Waals surface area (Å²) < 4.78 is 5.70. The largest absolute Gasteiger partial charge is 0.439 e. The molecule has 3 nitrogen and oxygen atoms in total. The van der Waals surface area contributed by atoms with Gasteiger partial charge < -0.3 is 10.5 Å². The zero-order chi connectivity index (χ0) is 13.0. The fourth-order valence-corrected chi connectivity index (χ4v) is 1.68. The van der Waals surface area contributed by atoms with Crippen LogP contribution in [-0.2, 0) is 6.42 Å². The Morgan fingerprint density at radius 2 is 1.94 bits per heavy atom. The first-order valence-electron chi connectivity index (χ1n) is 6.17. The summed E-state index contributed by atoms with van der Waals surface area (Å²) in [5.41, 5.74) is 8.14. The molecule has 1 aromatic carbocycles. The molecule has 94 valence electrons. The van der Waals surface area contributed by atoms with Gasteiger partial charge in [-0.25, -0.2) is 4.98 Å². The van der Waals surface area contributed by atoms with Crippen LogP contribution in [0.25, 0.3) is 0 Å². The maximum atomic E-state index is 5.83. The lowest BCUT2D eigenvalue weighted by atomic mass is 10.1. The summed E-state index contributed by atoms with van der Waals surface area (Å²) in [6, 6.07) is 11.8. The summed E-state index contributed by atoms with van der Waals surface area (Å²) >= 11 is 0. The Labute approximate surface area is 108 Å². The number of nitrogens with zero attached hydrogens (tertiary/aromatic N) is 1. The minimum Gasteiger partial charge on any atom is -0.439 e. The average molecular weight is 242 g/mol. The lowest BCUT2D eigenvalue weighted by molar-refractivity contribution is 0.461. The lowest BCUT2D eigenvalue weighted by Gasteiger charge is -2.09. The zero-order valence-electron chi connectivity index (χ0n) is 10.8. The van der Waals surface area contributed by atoms with Crippen LogP contribution in [-0.4, -0.2) is 4.98 Å². The second-order valence-electron chi connectivity index (χ2n) is 4.32. The summed E-state index contributed by atoms with van der Waals surface area (Å²) in [6.45, 7) is 4.07. The molecule has 1 atom stereocenters. The van der Waals surface area contributed by atoms with E-state index in [0.29, 0.717) is 5.88 Å². The van der Waals surface area contributed by atoms with Crippen LogP contribution in [0.2, 0.25) is 0 Å². The third-order valence-electron chi connectivity index (χ3n) is 2.84. The fraction of sp³-hybridized carbons (Fsp3) is 0.267. The van der Waals surface area contributed by atoms with Gasteiger partial charge in [0.05, 0.1) is 0 Å². The molecule has 0 fully saturated rings. The summed E-state index contributed by atoms with van der Waals surface area (Å²) in [5, 5.41) is 0. The van der Waals surface area contributed by atoms with Crippen molar-refractivity contribution in [3.8, 4) is 11.6 Å². The Morgan fingerprint density at radius 3 is 2.56 bits per heavy atom. The van der Waals surface area contributed by atoms with Crippen LogP contribution in [0.4, 0.5) is 0 Å². The molecule has 0 spiro atoms. The number of hydrogen-bond acceptors (Lipinski definition) is 3. The smallest absolute Gasteiger partial charge is 0.219 e. The summed E-state index contributed by atoms with van der Waals surface area (Å²) in [4.78, 5) is 4.18. The Kier molecular flexibility index (Phi) is 3.95. The normalized spacial score (nSPS) is 12.2. The van der Waals surface area contributed by atoms with Crippen molar-refractivity contribution in [3.63, 3.8) is 0 Å². The van der Waals surface area contributed by atoms with Gasteiger partial charge in [-0.15, -0.1) is 0 Å². The summed E-state index contributed by atoms with van der Waals surface area (Å²) in [7, 11) is 0. The van der Waals surface area contributed by atoms with E-state index >= 15 is 0 Å². The molecule has 0 radical (unpaired) electrons. The van der Waals surface area contributed by atoms with Crippen LogP contribution in [0.3, 0.4) is 0 Å². The second-order valence-corrected chi connectivity index (χ2v) is 4.32. The van der Waals surface area contributed by atoms with Gasteiger partial charge in [0.25, 0.3) is 0 Å². The number of rotatable bonds is 4. The Balaban J connectivity index is 2.15. The molecule has 0 aliphatic rings. The predicted octanol–water partition coefficient (Wildman–Crippen LogP) is 3.46. The SMILES string of the molecule is CCc1ccc(Oc2cc([C@H](C)N)ccn2)cc1. The maximum absolute atomic E-state index is 5.83. The van der Waals surface area contributed by atoms with E-state index in [1.807, 2.05) is 31.2 Å². The van der Waals surface area contributed by atoms with E-state index in [9.17, 15) is 0 Å². The van der Waals surface area contributed by atoms with Crippen LogP contribution in [0.15, 0.2) is 42.6 Å². The van der Waals surface area contributed by atoms with Gasteiger partial charge in [-0.3, -0.25) is 0 Å². The lowest BCUT2D eigenvalue weighted by Crippen LogP contribution is -2.05. The average Bonchev–Trinajstić information content (AvgIpc) is 2.40. The van der Waals surface area contributed by atoms with Crippen LogP contribution >= 0.6 is 0 Å². The van der Waals surface area contributed by atoms with E-state index in [2.05, 4.69) is 24.0 Å². The van der Waals surface area contributed by atoms with Gasteiger partial charge in [-0.05, 0) is 42.7 Å². The van der Waals surface area contributed by atoms with Crippen molar-refractivity contribution in [1.29, 1.82) is 0 Å². The first-order chi connectivity index (χ1) is 8.69. The highest BCUT2D eigenvalue weighted by molar-refractivity contribution is 5.32. The van der Waals surface area contributed by atoms with E-state index < -0.39 is 0 Å². The zero-order valence-corrected chi connectivity index (χ0v) is 10.8. The molecule has 0 unspecified atom stereocenters. The van der Waals surface area contributed by atoms with Crippen molar-refractivity contribution in [2.24, 2.45) is 5.73 Å². The molecular weight excluding hydrogens is 224 g/mol. The van der Waals surface area contributed by atoms with Crippen LogP contribution in [0.5, 0.6) is 11.6 Å². The highest BCUT2D eigenvalue weighted by Crippen LogP contribution is 2.22.